The van der Waals surface area contributed by atoms with Crippen LogP contribution in [0.2, 0.25) is 0 Å². The molecule has 3 nitrogen and oxygen atoms in total. The maximum absolute atomic E-state index is 10.5. The molecule has 5 heteroatoms. The van der Waals surface area contributed by atoms with Crippen molar-refractivity contribution in [2.75, 3.05) is 13.1 Å². The summed E-state index contributed by atoms with van der Waals surface area (Å²) in [5.74, 6) is -0.777. The summed E-state index contributed by atoms with van der Waals surface area (Å²) in [5.41, 5.74) is 1.16. The second-order valence-electron chi connectivity index (χ2n) is 2.96. The highest BCUT2D eigenvalue weighted by atomic mass is 79.9. The number of likely N-dealkylation sites (N-methyl/N-ethyl adjacent to an activating group) is 1. The van der Waals surface area contributed by atoms with E-state index in [-0.39, 0.29) is 6.54 Å². The third-order valence-corrected chi connectivity index (χ3v) is 3.39. The van der Waals surface area contributed by atoms with E-state index in [2.05, 4.69) is 15.9 Å². The summed E-state index contributed by atoms with van der Waals surface area (Å²) in [5, 5.41) is 10.7. The summed E-state index contributed by atoms with van der Waals surface area (Å²) in [6.07, 6.45) is 0. The molecule has 0 atom stereocenters. The summed E-state index contributed by atoms with van der Waals surface area (Å²) < 4.78 is 1.08. The Hall–Kier alpha value is -0.390. The van der Waals surface area contributed by atoms with E-state index in [1.165, 1.54) is 0 Å². The van der Waals surface area contributed by atoms with Crippen molar-refractivity contribution in [1.82, 2.24) is 4.90 Å². The highest BCUT2D eigenvalue weighted by molar-refractivity contribution is 9.11. The van der Waals surface area contributed by atoms with Crippen LogP contribution in [-0.4, -0.2) is 29.1 Å². The third-order valence-electron chi connectivity index (χ3n) is 1.83. The Kier molecular flexibility index (Phi) is 4.57. The van der Waals surface area contributed by atoms with Crippen molar-refractivity contribution < 1.29 is 9.90 Å². The molecule has 1 N–H and O–H groups in total. The van der Waals surface area contributed by atoms with Gasteiger partial charge in [-0.25, -0.2) is 0 Å². The second-order valence-corrected chi connectivity index (χ2v) is 5.25. The molecule has 0 radical (unpaired) electrons. The number of aliphatic carboxylic acids is 1. The van der Waals surface area contributed by atoms with Gasteiger partial charge in [0, 0.05) is 6.54 Å². The largest absolute Gasteiger partial charge is 0.480 e. The minimum atomic E-state index is -0.777. The number of carbonyl (C=O) groups is 1. The van der Waals surface area contributed by atoms with Gasteiger partial charge in [-0.15, -0.1) is 11.3 Å². The first-order valence-electron chi connectivity index (χ1n) is 4.29. The summed E-state index contributed by atoms with van der Waals surface area (Å²) >= 11 is 5.00. The zero-order valence-corrected chi connectivity index (χ0v) is 10.3. The maximum atomic E-state index is 10.5. The van der Waals surface area contributed by atoms with Crippen molar-refractivity contribution in [3.8, 4) is 0 Å². The first-order valence-corrected chi connectivity index (χ1v) is 5.96. The molecule has 1 aromatic heterocycles. The molecule has 0 aliphatic heterocycles. The van der Waals surface area contributed by atoms with Gasteiger partial charge < -0.3 is 5.11 Å². The Balaban J connectivity index is 2.52. The van der Waals surface area contributed by atoms with Gasteiger partial charge in [0.15, 0.2) is 0 Å². The van der Waals surface area contributed by atoms with Crippen LogP contribution < -0.4 is 0 Å². The third kappa shape index (κ3) is 3.77. The number of nitrogens with zero attached hydrogens (tertiary/aromatic N) is 1. The van der Waals surface area contributed by atoms with Crippen LogP contribution in [0.5, 0.6) is 0 Å². The molecule has 0 amide bonds. The van der Waals surface area contributed by atoms with Crippen LogP contribution in [0.25, 0.3) is 0 Å². The Morgan fingerprint density at radius 1 is 1.71 bits per heavy atom. The first kappa shape index (κ1) is 11.7. The molecule has 1 aromatic rings. The van der Waals surface area contributed by atoms with Gasteiger partial charge in [-0.1, -0.05) is 6.92 Å². The number of carboxylic acid groups (broad SMARTS) is 1. The van der Waals surface area contributed by atoms with Crippen molar-refractivity contribution in [3.05, 3.63) is 20.8 Å². The van der Waals surface area contributed by atoms with Gasteiger partial charge >= 0.3 is 5.97 Å². The molecule has 0 unspecified atom stereocenters. The average molecular weight is 278 g/mol. The molecule has 0 aliphatic carbocycles. The second kappa shape index (κ2) is 5.48. The van der Waals surface area contributed by atoms with Gasteiger partial charge in [0.2, 0.25) is 0 Å². The number of thiophene rings is 1. The normalized spacial score (nSPS) is 10.8. The number of halogens is 1. The SMILES string of the molecule is CCN(CC(=O)O)Cc1csc(Br)c1. The van der Waals surface area contributed by atoms with Gasteiger partial charge in [-0.05, 0) is 39.5 Å². The van der Waals surface area contributed by atoms with Crippen LogP contribution >= 0.6 is 27.3 Å². The molecule has 0 saturated carbocycles. The van der Waals surface area contributed by atoms with Gasteiger partial charge in [0.05, 0.1) is 10.3 Å². The van der Waals surface area contributed by atoms with Crippen LogP contribution in [0.4, 0.5) is 0 Å². The molecule has 0 saturated heterocycles. The van der Waals surface area contributed by atoms with E-state index in [9.17, 15) is 4.79 Å². The highest BCUT2D eigenvalue weighted by Gasteiger charge is 2.08. The van der Waals surface area contributed by atoms with Gasteiger partial charge in [0.25, 0.3) is 0 Å². The predicted octanol–water partition coefficient (Wildman–Crippen LogP) is 2.42. The van der Waals surface area contributed by atoms with E-state index in [1.807, 2.05) is 23.3 Å². The molecule has 78 valence electrons. The standard InChI is InChI=1S/C9H12BrNO2S/c1-2-11(5-9(12)13)4-7-3-8(10)14-6-7/h3,6H,2,4-5H2,1H3,(H,12,13). The fourth-order valence-electron chi connectivity index (χ4n) is 1.16. The number of hydrogen-bond donors (Lipinski definition) is 1. The average Bonchev–Trinajstić information content (AvgIpc) is 2.49. The van der Waals surface area contributed by atoms with E-state index < -0.39 is 5.97 Å². The molecule has 0 spiro atoms. The van der Waals surface area contributed by atoms with E-state index in [0.29, 0.717) is 6.54 Å². The van der Waals surface area contributed by atoms with Crippen molar-refractivity contribution >= 4 is 33.2 Å². The van der Waals surface area contributed by atoms with E-state index >= 15 is 0 Å². The van der Waals surface area contributed by atoms with Crippen LogP contribution in [0.3, 0.4) is 0 Å². The molecular formula is C9H12BrNO2S. The smallest absolute Gasteiger partial charge is 0.317 e. The van der Waals surface area contributed by atoms with Crippen LogP contribution in [0, 0.1) is 0 Å². The molecule has 1 heterocycles. The van der Waals surface area contributed by atoms with Crippen molar-refractivity contribution in [2.45, 2.75) is 13.5 Å². The number of hydrogen-bond acceptors (Lipinski definition) is 3. The fraction of sp³-hybridized carbons (Fsp3) is 0.444. The molecule has 0 bridgehead atoms. The fourth-order valence-corrected chi connectivity index (χ4v) is 2.36. The zero-order chi connectivity index (χ0) is 10.6. The molecule has 0 aromatic carbocycles. The lowest BCUT2D eigenvalue weighted by Gasteiger charge is -2.16. The Morgan fingerprint density at radius 3 is 2.86 bits per heavy atom. The minimum Gasteiger partial charge on any atom is -0.480 e. The van der Waals surface area contributed by atoms with Crippen LogP contribution in [0.1, 0.15) is 12.5 Å². The molecular weight excluding hydrogens is 266 g/mol. The highest BCUT2D eigenvalue weighted by Crippen LogP contribution is 2.21. The van der Waals surface area contributed by atoms with E-state index in [0.717, 1.165) is 15.9 Å². The summed E-state index contributed by atoms with van der Waals surface area (Å²) in [4.78, 5) is 12.4. The number of rotatable bonds is 5. The monoisotopic (exact) mass is 277 g/mol. The van der Waals surface area contributed by atoms with Crippen LogP contribution in [-0.2, 0) is 11.3 Å². The summed E-state index contributed by atoms with van der Waals surface area (Å²) in [6.45, 7) is 3.51. The van der Waals surface area contributed by atoms with Crippen molar-refractivity contribution in [2.24, 2.45) is 0 Å². The van der Waals surface area contributed by atoms with Gasteiger partial charge in [-0.3, -0.25) is 9.69 Å². The maximum Gasteiger partial charge on any atom is 0.317 e. The topological polar surface area (TPSA) is 40.5 Å². The summed E-state index contributed by atoms with van der Waals surface area (Å²) in [6, 6.07) is 2.02. The Bertz CT molecular complexity index is 314. The molecule has 1 rings (SSSR count). The van der Waals surface area contributed by atoms with Crippen molar-refractivity contribution in [1.29, 1.82) is 0 Å². The number of carboxylic acids is 1. The van der Waals surface area contributed by atoms with Crippen molar-refractivity contribution in [3.63, 3.8) is 0 Å². The molecule has 0 aliphatic rings. The Morgan fingerprint density at radius 2 is 2.43 bits per heavy atom. The van der Waals surface area contributed by atoms with E-state index in [1.54, 1.807) is 11.3 Å². The minimum absolute atomic E-state index is 0.101. The van der Waals surface area contributed by atoms with Crippen LogP contribution in [0.15, 0.2) is 15.2 Å². The lowest BCUT2D eigenvalue weighted by Crippen LogP contribution is -2.28. The Labute approximate surface area is 95.5 Å². The molecule has 14 heavy (non-hydrogen) atoms. The first-order chi connectivity index (χ1) is 6.61. The zero-order valence-electron chi connectivity index (χ0n) is 7.86. The summed E-state index contributed by atoms with van der Waals surface area (Å²) in [7, 11) is 0. The lowest BCUT2D eigenvalue weighted by molar-refractivity contribution is -0.138. The predicted molar refractivity (Wildman–Crippen MR) is 60.6 cm³/mol. The quantitative estimate of drug-likeness (QED) is 0.899. The van der Waals surface area contributed by atoms with E-state index in [4.69, 9.17) is 5.11 Å². The molecule has 0 fully saturated rings. The lowest BCUT2D eigenvalue weighted by atomic mass is 10.3. The van der Waals surface area contributed by atoms with Gasteiger partial charge in [0.1, 0.15) is 0 Å². The van der Waals surface area contributed by atoms with Gasteiger partial charge in [-0.2, -0.15) is 0 Å².